The van der Waals surface area contributed by atoms with E-state index in [9.17, 15) is 9.90 Å². The number of nitrogens with one attached hydrogen (secondary N) is 1. The zero-order valence-electron chi connectivity index (χ0n) is 9.83. The average Bonchev–Trinajstić information content (AvgIpc) is 2.35. The van der Waals surface area contributed by atoms with Crippen LogP contribution in [0.5, 0.6) is 0 Å². The maximum atomic E-state index is 11.0. The van der Waals surface area contributed by atoms with Crippen molar-refractivity contribution < 1.29 is 9.90 Å². The number of amides is 1. The smallest absolute Gasteiger partial charge is 0.243 e. The summed E-state index contributed by atoms with van der Waals surface area (Å²) in [7, 11) is 0. The largest absolute Gasteiger partial charge is 0.396 e. The van der Waals surface area contributed by atoms with Gasteiger partial charge in [-0.2, -0.15) is 0 Å². The Hall–Kier alpha value is -1.03. The molecule has 0 heterocycles. The Morgan fingerprint density at radius 2 is 2.22 bits per heavy atom. The molecule has 1 amide bonds. The lowest BCUT2D eigenvalue weighted by Gasteiger charge is -2.16. The van der Waals surface area contributed by atoms with Gasteiger partial charge in [0.2, 0.25) is 5.91 Å². The molecule has 5 heteroatoms. The van der Waals surface area contributed by atoms with Crippen molar-refractivity contribution in [1.82, 2.24) is 5.32 Å². The number of rotatable bonds is 6. The average molecular weight is 288 g/mol. The minimum Gasteiger partial charge on any atom is -0.396 e. The van der Waals surface area contributed by atoms with Gasteiger partial charge in [0, 0.05) is 22.5 Å². The third-order valence-electron chi connectivity index (χ3n) is 2.60. The summed E-state index contributed by atoms with van der Waals surface area (Å²) >= 11 is 11.9. The first-order valence-electron chi connectivity index (χ1n) is 5.54. The van der Waals surface area contributed by atoms with E-state index in [1.807, 2.05) is 0 Å². The molecule has 2 N–H and O–H groups in total. The highest BCUT2D eigenvalue weighted by Gasteiger charge is 2.14. The van der Waals surface area contributed by atoms with E-state index in [1.165, 1.54) is 6.08 Å². The van der Waals surface area contributed by atoms with Gasteiger partial charge in [0.15, 0.2) is 0 Å². The summed E-state index contributed by atoms with van der Waals surface area (Å²) in [5.41, 5.74) is 0.830. The van der Waals surface area contributed by atoms with E-state index in [-0.39, 0.29) is 18.4 Å². The SMILES string of the molecule is C=CC(=O)NCCC(CO)c1ccc(Cl)cc1Cl. The number of hydrogen-bond donors (Lipinski definition) is 2. The number of hydrogen-bond acceptors (Lipinski definition) is 2. The monoisotopic (exact) mass is 287 g/mol. The van der Waals surface area contributed by atoms with E-state index in [0.717, 1.165) is 5.56 Å². The summed E-state index contributed by atoms with van der Waals surface area (Å²) in [6, 6.07) is 5.16. The van der Waals surface area contributed by atoms with Gasteiger partial charge < -0.3 is 10.4 Å². The zero-order valence-corrected chi connectivity index (χ0v) is 11.3. The van der Waals surface area contributed by atoms with Crippen molar-refractivity contribution in [3.05, 3.63) is 46.5 Å². The van der Waals surface area contributed by atoms with Gasteiger partial charge in [-0.25, -0.2) is 0 Å². The molecule has 0 saturated carbocycles. The van der Waals surface area contributed by atoms with Crippen LogP contribution in [0.2, 0.25) is 10.0 Å². The fraction of sp³-hybridized carbons (Fsp3) is 0.308. The lowest BCUT2D eigenvalue weighted by molar-refractivity contribution is -0.116. The predicted molar refractivity (Wildman–Crippen MR) is 74.1 cm³/mol. The fourth-order valence-electron chi connectivity index (χ4n) is 1.62. The molecule has 1 aromatic carbocycles. The molecule has 0 aliphatic rings. The maximum Gasteiger partial charge on any atom is 0.243 e. The molecule has 0 radical (unpaired) electrons. The van der Waals surface area contributed by atoms with Crippen molar-refractivity contribution in [2.75, 3.05) is 13.2 Å². The number of carbonyl (C=O) groups excluding carboxylic acids is 1. The molecule has 0 bridgehead atoms. The minimum atomic E-state index is -0.228. The van der Waals surface area contributed by atoms with Crippen LogP contribution in [0.25, 0.3) is 0 Å². The van der Waals surface area contributed by atoms with Gasteiger partial charge in [-0.05, 0) is 30.2 Å². The van der Waals surface area contributed by atoms with Gasteiger partial charge in [0.1, 0.15) is 0 Å². The summed E-state index contributed by atoms with van der Waals surface area (Å²) < 4.78 is 0. The normalized spacial score (nSPS) is 11.9. The molecule has 0 aromatic heterocycles. The second kappa shape index (κ2) is 7.41. The summed E-state index contributed by atoms with van der Waals surface area (Å²) in [6.07, 6.45) is 1.81. The van der Waals surface area contributed by atoms with Crippen LogP contribution in [0.1, 0.15) is 17.9 Å². The molecule has 0 fully saturated rings. The van der Waals surface area contributed by atoms with Crippen molar-refractivity contribution in [2.45, 2.75) is 12.3 Å². The van der Waals surface area contributed by atoms with Gasteiger partial charge in [0.05, 0.1) is 6.61 Å². The van der Waals surface area contributed by atoms with E-state index >= 15 is 0 Å². The Balaban J connectivity index is 2.65. The Morgan fingerprint density at radius 1 is 1.50 bits per heavy atom. The summed E-state index contributed by atoms with van der Waals surface area (Å²) in [4.78, 5) is 11.0. The summed E-state index contributed by atoms with van der Waals surface area (Å²) in [6.45, 7) is 3.78. The van der Waals surface area contributed by atoms with E-state index in [1.54, 1.807) is 18.2 Å². The molecule has 0 spiro atoms. The van der Waals surface area contributed by atoms with Gasteiger partial charge in [-0.3, -0.25) is 4.79 Å². The molecule has 18 heavy (non-hydrogen) atoms. The first-order valence-corrected chi connectivity index (χ1v) is 6.30. The van der Waals surface area contributed by atoms with E-state index in [0.29, 0.717) is 23.0 Å². The third-order valence-corrected chi connectivity index (χ3v) is 3.16. The van der Waals surface area contributed by atoms with Crippen molar-refractivity contribution in [3.63, 3.8) is 0 Å². The van der Waals surface area contributed by atoms with E-state index < -0.39 is 0 Å². The van der Waals surface area contributed by atoms with Gasteiger partial charge in [-0.15, -0.1) is 0 Å². The van der Waals surface area contributed by atoms with Crippen LogP contribution in [0, 0.1) is 0 Å². The first kappa shape index (κ1) is 15.0. The molecule has 1 atom stereocenters. The summed E-state index contributed by atoms with van der Waals surface area (Å²) in [5, 5.41) is 13.1. The topological polar surface area (TPSA) is 49.3 Å². The van der Waals surface area contributed by atoms with Crippen LogP contribution < -0.4 is 5.32 Å². The highest BCUT2D eigenvalue weighted by molar-refractivity contribution is 6.35. The van der Waals surface area contributed by atoms with Crippen molar-refractivity contribution in [3.8, 4) is 0 Å². The standard InChI is InChI=1S/C13H15Cl2NO2/c1-2-13(18)16-6-5-9(8-17)11-4-3-10(14)7-12(11)15/h2-4,7,9,17H,1,5-6,8H2,(H,16,18). The number of benzene rings is 1. The van der Waals surface area contributed by atoms with Crippen LogP contribution in [-0.4, -0.2) is 24.2 Å². The minimum absolute atomic E-state index is 0.0364. The van der Waals surface area contributed by atoms with Gasteiger partial charge >= 0.3 is 0 Å². The molecule has 0 aliphatic carbocycles. The number of carbonyl (C=O) groups is 1. The molecule has 98 valence electrons. The Morgan fingerprint density at radius 3 is 2.78 bits per heavy atom. The van der Waals surface area contributed by atoms with E-state index in [2.05, 4.69) is 11.9 Å². The molecule has 1 aromatic rings. The lowest BCUT2D eigenvalue weighted by atomic mass is 9.96. The van der Waals surface area contributed by atoms with Crippen LogP contribution >= 0.6 is 23.2 Å². The maximum absolute atomic E-state index is 11.0. The van der Waals surface area contributed by atoms with Crippen LogP contribution in [0.3, 0.4) is 0 Å². The van der Waals surface area contributed by atoms with Crippen molar-refractivity contribution in [1.29, 1.82) is 0 Å². The zero-order chi connectivity index (χ0) is 13.5. The third kappa shape index (κ3) is 4.33. The van der Waals surface area contributed by atoms with Gasteiger partial charge in [-0.1, -0.05) is 35.8 Å². The number of aliphatic hydroxyl groups excluding tert-OH is 1. The first-order chi connectivity index (χ1) is 8.58. The second-order valence-electron chi connectivity index (χ2n) is 3.83. The highest BCUT2D eigenvalue weighted by Crippen LogP contribution is 2.29. The van der Waals surface area contributed by atoms with Gasteiger partial charge in [0.25, 0.3) is 0 Å². The lowest BCUT2D eigenvalue weighted by Crippen LogP contribution is -2.24. The van der Waals surface area contributed by atoms with Crippen LogP contribution in [0.15, 0.2) is 30.9 Å². The molecule has 1 rings (SSSR count). The van der Waals surface area contributed by atoms with Crippen molar-refractivity contribution in [2.24, 2.45) is 0 Å². The van der Waals surface area contributed by atoms with E-state index in [4.69, 9.17) is 23.2 Å². The molecular formula is C13H15Cl2NO2. The second-order valence-corrected chi connectivity index (χ2v) is 4.67. The molecule has 1 unspecified atom stereocenters. The van der Waals surface area contributed by atoms with Crippen LogP contribution in [-0.2, 0) is 4.79 Å². The Bertz CT molecular complexity index is 435. The quantitative estimate of drug-likeness (QED) is 0.791. The Labute approximate surface area is 116 Å². The predicted octanol–water partition coefficient (Wildman–Crippen LogP) is 2.76. The number of aliphatic hydroxyl groups is 1. The Kier molecular flexibility index (Phi) is 6.19. The molecule has 3 nitrogen and oxygen atoms in total. The number of halogens is 2. The van der Waals surface area contributed by atoms with Crippen molar-refractivity contribution >= 4 is 29.1 Å². The molecular weight excluding hydrogens is 273 g/mol. The molecule has 0 aliphatic heterocycles. The van der Waals surface area contributed by atoms with Crippen LogP contribution in [0.4, 0.5) is 0 Å². The molecule has 0 saturated heterocycles. The highest BCUT2D eigenvalue weighted by atomic mass is 35.5. The fourth-order valence-corrected chi connectivity index (χ4v) is 2.18. The summed E-state index contributed by atoms with van der Waals surface area (Å²) in [5.74, 6) is -0.353.